The molecule has 2 unspecified atom stereocenters. The molecule has 2 aromatic heterocycles. The van der Waals surface area contributed by atoms with E-state index in [0.29, 0.717) is 5.92 Å². The summed E-state index contributed by atoms with van der Waals surface area (Å²) in [6.45, 7) is 9.26. The van der Waals surface area contributed by atoms with Gasteiger partial charge in [-0.25, -0.2) is 0 Å². The summed E-state index contributed by atoms with van der Waals surface area (Å²) in [6.07, 6.45) is 17.9. The third kappa shape index (κ3) is 4.88. The molecule has 52 heavy (non-hydrogen) atoms. The highest BCUT2D eigenvalue weighted by Crippen LogP contribution is 2.46. The van der Waals surface area contributed by atoms with Crippen molar-refractivity contribution in [1.82, 2.24) is 9.55 Å². The molecule has 0 saturated carbocycles. The van der Waals surface area contributed by atoms with Crippen LogP contribution in [0.15, 0.2) is 140 Å². The highest BCUT2D eigenvalue weighted by molar-refractivity contribution is 6.27. The number of allylic oxidation sites excluding steroid dienone is 5. The van der Waals surface area contributed by atoms with Crippen molar-refractivity contribution < 1.29 is 0 Å². The fraction of sp³-hybridized carbons (Fsp3) is 0.180. The van der Waals surface area contributed by atoms with E-state index in [-0.39, 0.29) is 11.5 Å². The Labute approximate surface area is 305 Å². The molecule has 2 aliphatic rings. The number of hydrogen-bond acceptors (Lipinski definition) is 1. The molecule has 0 radical (unpaired) electrons. The Morgan fingerprint density at radius 1 is 0.692 bits per heavy atom. The summed E-state index contributed by atoms with van der Waals surface area (Å²) in [7, 11) is 0. The molecule has 2 atom stereocenters. The molecule has 2 heterocycles. The molecule has 10 rings (SSSR count). The zero-order chi connectivity index (χ0) is 35.1. The summed E-state index contributed by atoms with van der Waals surface area (Å²) in [5, 5.41) is 9.36. The van der Waals surface area contributed by atoms with Crippen molar-refractivity contribution in [3.63, 3.8) is 0 Å². The molecular formula is C50H42N2. The summed E-state index contributed by atoms with van der Waals surface area (Å²) >= 11 is 0. The third-order valence-corrected chi connectivity index (χ3v) is 11.6. The fourth-order valence-electron chi connectivity index (χ4n) is 8.98. The van der Waals surface area contributed by atoms with E-state index in [0.717, 1.165) is 18.4 Å². The van der Waals surface area contributed by atoms with Crippen molar-refractivity contribution in [3.8, 4) is 22.3 Å². The van der Waals surface area contributed by atoms with Gasteiger partial charge < -0.3 is 4.57 Å². The normalized spacial score (nSPS) is 17.4. The molecule has 0 N–H and O–H groups in total. The maximum Gasteiger partial charge on any atom is 0.0566 e. The van der Waals surface area contributed by atoms with Gasteiger partial charge in [0.1, 0.15) is 0 Å². The second kappa shape index (κ2) is 11.6. The van der Waals surface area contributed by atoms with Crippen LogP contribution >= 0.6 is 0 Å². The van der Waals surface area contributed by atoms with Crippen molar-refractivity contribution >= 4 is 54.9 Å². The van der Waals surface area contributed by atoms with Gasteiger partial charge in [-0.1, -0.05) is 137 Å². The number of aromatic nitrogens is 2. The Hall–Kier alpha value is -5.73. The maximum atomic E-state index is 4.36. The third-order valence-electron chi connectivity index (χ3n) is 11.6. The summed E-state index contributed by atoms with van der Waals surface area (Å²) in [4.78, 5) is 4.36. The molecule has 252 valence electrons. The first-order chi connectivity index (χ1) is 25.3. The van der Waals surface area contributed by atoms with E-state index < -0.39 is 0 Å². The van der Waals surface area contributed by atoms with Crippen molar-refractivity contribution in [1.29, 1.82) is 0 Å². The molecular weight excluding hydrogens is 629 g/mol. The molecule has 8 aromatic rings. The van der Waals surface area contributed by atoms with Crippen LogP contribution in [-0.2, 0) is 11.8 Å². The first-order valence-electron chi connectivity index (χ1n) is 18.8. The molecule has 0 fully saturated rings. The van der Waals surface area contributed by atoms with Gasteiger partial charge in [0.25, 0.3) is 0 Å². The number of nitrogens with zero attached hydrogens (tertiary/aromatic N) is 2. The first-order valence-corrected chi connectivity index (χ1v) is 18.8. The largest absolute Gasteiger partial charge is 0.333 e. The Morgan fingerprint density at radius 3 is 2.19 bits per heavy atom. The Bertz CT molecular complexity index is 2750. The van der Waals surface area contributed by atoms with Crippen LogP contribution in [0.3, 0.4) is 0 Å². The molecule has 6 aromatic carbocycles. The molecule has 0 bridgehead atoms. The number of para-hydroxylation sites is 1. The molecule has 2 heteroatoms. The van der Waals surface area contributed by atoms with E-state index >= 15 is 0 Å². The Morgan fingerprint density at radius 2 is 1.44 bits per heavy atom. The summed E-state index contributed by atoms with van der Waals surface area (Å²) < 4.78 is 2.61. The first kappa shape index (κ1) is 31.0. The number of benzene rings is 6. The van der Waals surface area contributed by atoms with Crippen LogP contribution in [0.2, 0.25) is 0 Å². The quantitative estimate of drug-likeness (QED) is 0.170. The standard InChI is InChI=1S/C50H42N2/c1-31-14-23-47-45(25-31)40-12-5-6-13-46(40)52(47)39-11-7-9-34(28-39)44-29-43(33-17-15-32(16-18-33)37-10-8-24-51-30-37)41-21-19-35-26-38(50(2,3)4)27-36-20-22-42(44)49(41)48(35)36/h5-10,12-24,26-31,39H,11,25H2,1-4H3. The average molecular weight is 671 g/mol. The van der Waals surface area contributed by atoms with Gasteiger partial charge in [0.15, 0.2) is 0 Å². The van der Waals surface area contributed by atoms with Crippen LogP contribution in [-0.4, -0.2) is 9.55 Å². The summed E-state index contributed by atoms with van der Waals surface area (Å²) in [5.74, 6) is 0.553. The van der Waals surface area contributed by atoms with Gasteiger partial charge in [0.2, 0.25) is 0 Å². The lowest BCUT2D eigenvalue weighted by atomic mass is 9.81. The second-order valence-corrected chi connectivity index (χ2v) is 16.1. The minimum Gasteiger partial charge on any atom is -0.333 e. The van der Waals surface area contributed by atoms with Crippen LogP contribution in [0, 0.1) is 5.92 Å². The zero-order valence-electron chi connectivity index (χ0n) is 30.3. The van der Waals surface area contributed by atoms with Gasteiger partial charge in [-0.3, -0.25) is 4.98 Å². The minimum absolute atomic E-state index is 0.0680. The number of pyridine rings is 1. The van der Waals surface area contributed by atoms with E-state index in [2.05, 4.69) is 165 Å². The lowest BCUT2D eigenvalue weighted by molar-refractivity contribution is 0.591. The van der Waals surface area contributed by atoms with Gasteiger partial charge in [-0.05, 0) is 125 Å². The second-order valence-electron chi connectivity index (χ2n) is 16.1. The minimum atomic E-state index is 0.0680. The molecule has 2 nitrogen and oxygen atoms in total. The topological polar surface area (TPSA) is 17.8 Å². The van der Waals surface area contributed by atoms with Gasteiger partial charge in [0, 0.05) is 29.0 Å². The maximum absolute atomic E-state index is 4.36. The van der Waals surface area contributed by atoms with Crippen LogP contribution < -0.4 is 0 Å². The van der Waals surface area contributed by atoms with Crippen LogP contribution in [0.5, 0.6) is 0 Å². The van der Waals surface area contributed by atoms with E-state index in [1.165, 1.54) is 87.9 Å². The van der Waals surface area contributed by atoms with Crippen molar-refractivity contribution in [2.75, 3.05) is 0 Å². The van der Waals surface area contributed by atoms with Crippen LogP contribution in [0.4, 0.5) is 0 Å². The lowest BCUT2D eigenvalue weighted by Gasteiger charge is -2.25. The van der Waals surface area contributed by atoms with E-state index in [9.17, 15) is 0 Å². The van der Waals surface area contributed by atoms with E-state index in [4.69, 9.17) is 0 Å². The van der Waals surface area contributed by atoms with E-state index in [1.54, 1.807) is 0 Å². The van der Waals surface area contributed by atoms with Gasteiger partial charge in [-0.15, -0.1) is 0 Å². The fourth-order valence-corrected chi connectivity index (χ4v) is 8.98. The van der Waals surface area contributed by atoms with Crippen LogP contribution in [0.1, 0.15) is 62.5 Å². The van der Waals surface area contributed by atoms with Crippen molar-refractivity contribution in [2.45, 2.75) is 52.0 Å². The highest BCUT2D eigenvalue weighted by Gasteiger charge is 2.26. The van der Waals surface area contributed by atoms with Gasteiger partial charge in [0.05, 0.1) is 6.04 Å². The van der Waals surface area contributed by atoms with Crippen LogP contribution in [0.25, 0.3) is 77.1 Å². The summed E-state index contributed by atoms with van der Waals surface area (Å²) in [5.41, 5.74) is 13.0. The molecule has 2 aliphatic carbocycles. The Balaban J connectivity index is 1.21. The number of fused-ring (bicyclic) bond motifs is 3. The molecule has 0 spiro atoms. The summed E-state index contributed by atoms with van der Waals surface area (Å²) in [6, 6.07) is 39.2. The highest BCUT2D eigenvalue weighted by atomic mass is 15.0. The SMILES string of the molecule is CC1C=Cc2c(c3ccccc3n2C2C=C(c3cc(-c4ccc(-c5cccnc5)cc4)c4ccc5cc(C(C)(C)C)cc6ccc3c4c65)C=CC2)C1. The average Bonchev–Trinajstić information content (AvgIpc) is 3.50. The van der Waals surface area contributed by atoms with Crippen molar-refractivity contribution in [2.24, 2.45) is 5.92 Å². The predicted octanol–water partition coefficient (Wildman–Crippen LogP) is 13.4. The van der Waals surface area contributed by atoms with E-state index in [1.807, 2.05) is 18.5 Å². The lowest BCUT2D eigenvalue weighted by Crippen LogP contribution is -2.12. The van der Waals surface area contributed by atoms with Crippen molar-refractivity contribution in [3.05, 3.63) is 162 Å². The molecule has 0 aliphatic heterocycles. The Kier molecular flexibility index (Phi) is 6.95. The smallest absolute Gasteiger partial charge is 0.0566 e. The molecule has 0 amide bonds. The predicted molar refractivity (Wildman–Crippen MR) is 222 cm³/mol. The monoisotopic (exact) mass is 670 g/mol. The number of rotatable bonds is 4. The molecule has 0 saturated heterocycles. The van der Waals surface area contributed by atoms with Gasteiger partial charge in [-0.2, -0.15) is 0 Å². The van der Waals surface area contributed by atoms with Gasteiger partial charge >= 0.3 is 0 Å². The number of hydrogen-bond donors (Lipinski definition) is 0. The zero-order valence-corrected chi connectivity index (χ0v) is 30.3.